The van der Waals surface area contributed by atoms with Crippen LogP contribution in [-0.4, -0.2) is 18.4 Å². The molecule has 2 aromatic carbocycles. The summed E-state index contributed by atoms with van der Waals surface area (Å²) >= 11 is 3.41. The standard InChI is InChI=1S/C18H17BrN2O2/c19-15-7-4-8-16(10-15)21-12-14(9-17(21)22)18(23)20-11-13-5-2-1-3-6-13/h1-8,10,14H,9,11-12H2,(H,20,23). The number of hydrogen-bond donors (Lipinski definition) is 1. The van der Waals surface area contributed by atoms with Crippen LogP contribution in [0.1, 0.15) is 12.0 Å². The summed E-state index contributed by atoms with van der Waals surface area (Å²) in [7, 11) is 0. The predicted molar refractivity (Wildman–Crippen MR) is 92.9 cm³/mol. The molecule has 3 rings (SSSR count). The molecule has 1 aliphatic heterocycles. The lowest BCUT2D eigenvalue weighted by Crippen LogP contribution is -2.32. The maximum absolute atomic E-state index is 12.3. The monoisotopic (exact) mass is 372 g/mol. The Kier molecular flexibility index (Phi) is 4.76. The predicted octanol–water partition coefficient (Wildman–Crippen LogP) is 3.12. The largest absolute Gasteiger partial charge is 0.352 e. The Morgan fingerprint density at radius 1 is 1.17 bits per heavy atom. The van der Waals surface area contributed by atoms with E-state index >= 15 is 0 Å². The van der Waals surface area contributed by atoms with Crippen molar-refractivity contribution in [3.63, 3.8) is 0 Å². The third-order valence-corrected chi connectivity index (χ3v) is 4.42. The second kappa shape index (κ2) is 6.96. The van der Waals surface area contributed by atoms with E-state index in [1.54, 1.807) is 4.90 Å². The summed E-state index contributed by atoms with van der Waals surface area (Å²) in [5.41, 5.74) is 1.87. The first-order chi connectivity index (χ1) is 11.1. The molecule has 23 heavy (non-hydrogen) atoms. The fourth-order valence-electron chi connectivity index (χ4n) is 2.71. The van der Waals surface area contributed by atoms with Crippen LogP contribution in [0.5, 0.6) is 0 Å². The van der Waals surface area contributed by atoms with Crippen LogP contribution in [0.25, 0.3) is 0 Å². The van der Waals surface area contributed by atoms with Crippen molar-refractivity contribution in [1.29, 1.82) is 0 Å². The summed E-state index contributed by atoms with van der Waals surface area (Å²) in [5, 5.41) is 2.92. The molecule has 1 unspecified atom stereocenters. The maximum atomic E-state index is 12.3. The van der Waals surface area contributed by atoms with Gasteiger partial charge in [0.05, 0.1) is 5.92 Å². The fourth-order valence-corrected chi connectivity index (χ4v) is 3.09. The van der Waals surface area contributed by atoms with Gasteiger partial charge in [-0.05, 0) is 23.8 Å². The van der Waals surface area contributed by atoms with Gasteiger partial charge in [-0.2, -0.15) is 0 Å². The van der Waals surface area contributed by atoms with Crippen LogP contribution < -0.4 is 10.2 Å². The quantitative estimate of drug-likeness (QED) is 0.896. The number of benzene rings is 2. The lowest BCUT2D eigenvalue weighted by molar-refractivity contribution is -0.126. The minimum absolute atomic E-state index is 0.0111. The van der Waals surface area contributed by atoms with E-state index in [2.05, 4.69) is 21.2 Å². The van der Waals surface area contributed by atoms with E-state index < -0.39 is 0 Å². The summed E-state index contributed by atoms with van der Waals surface area (Å²) in [4.78, 5) is 26.2. The molecule has 0 spiro atoms. The first-order valence-electron chi connectivity index (χ1n) is 7.51. The third kappa shape index (κ3) is 3.79. The smallest absolute Gasteiger partial charge is 0.227 e. The minimum Gasteiger partial charge on any atom is -0.352 e. The lowest BCUT2D eigenvalue weighted by Gasteiger charge is -2.17. The topological polar surface area (TPSA) is 49.4 Å². The second-order valence-corrected chi connectivity index (χ2v) is 6.50. The summed E-state index contributed by atoms with van der Waals surface area (Å²) in [5.74, 6) is -0.382. The zero-order valence-electron chi connectivity index (χ0n) is 12.5. The van der Waals surface area contributed by atoms with Gasteiger partial charge in [0.1, 0.15) is 0 Å². The molecule has 0 bridgehead atoms. The van der Waals surface area contributed by atoms with E-state index in [4.69, 9.17) is 0 Å². The van der Waals surface area contributed by atoms with Crippen molar-refractivity contribution < 1.29 is 9.59 Å². The molecule has 1 saturated heterocycles. The molecule has 0 saturated carbocycles. The van der Waals surface area contributed by atoms with Crippen molar-refractivity contribution in [2.75, 3.05) is 11.4 Å². The number of carbonyl (C=O) groups is 2. The normalized spacial score (nSPS) is 17.3. The molecule has 1 aliphatic rings. The highest BCUT2D eigenvalue weighted by Crippen LogP contribution is 2.27. The van der Waals surface area contributed by atoms with Crippen molar-refractivity contribution in [3.8, 4) is 0 Å². The van der Waals surface area contributed by atoms with E-state index in [0.717, 1.165) is 15.7 Å². The van der Waals surface area contributed by atoms with Crippen LogP contribution in [0, 0.1) is 5.92 Å². The molecule has 0 radical (unpaired) electrons. The van der Waals surface area contributed by atoms with Crippen molar-refractivity contribution in [2.45, 2.75) is 13.0 Å². The van der Waals surface area contributed by atoms with Crippen LogP contribution in [0.3, 0.4) is 0 Å². The van der Waals surface area contributed by atoms with E-state index in [-0.39, 0.29) is 24.2 Å². The van der Waals surface area contributed by atoms with E-state index in [9.17, 15) is 9.59 Å². The van der Waals surface area contributed by atoms with Gasteiger partial charge in [-0.25, -0.2) is 0 Å². The van der Waals surface area contributed by atoms with Crippen LogP contribution in [0.4, 0.5) is 5.69 Å². The number of anilines is 1. The summed E-state index contributed by atoms with van der Waals surface area (Å²) in [6.07, 6.45) is 0.257. The van der Waals surface area contributed by atoms with Gasteiger partial charge in [0.2, 0.25) is 11.8 Å². The lowest BCUT2D eigenvalue weighted by atomic mass is 10.1. The number of hydrogen-bond acceptors (Lipinski definition) is 2. The highest BCUT2D eigenvalue weighted by atomic mass is 79.9. The van der Waals surface area contributed by atoms with Crippen LogP contribution in [0.15, 0.2) is 59.1 Å². The van der Waals surface area contributed by atoms with Crippen molar-refractivity contribution in [1.82, 2.24) is 5.32 Å². The van der Waals surface area contributed by atoms with Crippen LogP contribution in [-0.2, 0) is 16.1 Å². The molecule has 4 nitrogen and oxygen atoms in total. The molecule has 0 aromatic heterocycles. The van der Waals surface area contributed by atoms with Crippen LogP contribution >= 0.6 is 15.9 Å². The number of nitrogens with zero attached hydrogens (tertiary/aromatic N) is 1. The van der Waals surface area contributed by atoms with Crippen molar-refractivity contribution >= 4 is 33.4 Å². The molecular weight excluding hydrogens is 356 g/mol. The van der Waals surface area contributed by atoms with Gasteiger partial charge in [0.15, 0.2) is 0 Å². The molecular formula is C18H17BrN2O2. The number of amides is 2. The maximum Gasteiger partial charge on any atom is 0.227 e. The molecule has 1 fully saturated rings. The molecule has 5 heteroatoms. The van der Waals surface area contributed by atoms with Gasteiger partial charge in [0.25, 0.3) is 0 Å². The molecule has 118 valence electrons. The van der Waals surface area contributed by atoms with Crippen LogP contribution in [0.2, 0.25) is 0 Å². The SMILES string of the molecule is O=C(NCc1ccccc1)C1CC(=O)N(c2cccc(Br)c2)C1. The molecule has 1 heterocycles. The van der Waals surface area contributed by atoms with Gasteiger partial charge in [-0.1, -0.05) is 52.3 Å². The Bertz CT molecular complexity index is 718. The van der Waals surface area contributed by atoms with Crippen molar-refractivity contribution in [2.24, 2.45) is 5.92 Å². The Labute approximate surface area is 143 Å². The number of carbonyl (C=O) groups excluding carboxylic acids is 2. The van der Waals surface area contributed by atoms with E-state index in [1.807, 2.05) is 54.6 Å². The van der Waals surface area contributed by atoms with Gasteiger partial charge in [-0.15, -0.1) is 0 Å². The second-order valence-electron chi connectivity index (χ2n) is 5.59. The summed E-state index contributed by atoms with van der Waals surface area (Å²) in [6.45, 7) is 0.914. The average Bonchev–Trinajstić information content (AvgIpc) is 2.95. The minimum atomic E-state index is -0.301. The van der Waals surface area contributed by atoms with Gasteiger partial charge in [-0.3, -0.25) is 9.59 Å². The zero-order chi connectivity index (χ0) is 16.2. The third-order valence-electron chi connectivity index (χ3n) is 3.93. The fraction of sp³-hybridized carbons (Fsp3) is 0.222. The summed E-state index contributed by atoms with van der Waals surface area (Å²) < 4.78 is 0.916. The highest BCUT2D eigenvalue weighted by molar-refractivity contribution is 9.10. The van der Waals surface area contributed by atoms with Gasteiger partial charge in [0, 0.05) is 29.7 Å². The summed E-state index contributed by atoms with van der Waals surface area (Å²) in [6, 6.07) is 17.3. The molecule has 0 aliphatic carbocycles. The van der Waals surface area contributed by atoms with E-state index in [0.29, 0.717) is 13.1 Å². The van der Waals surface area contributed by atoms with Gasteiger partial charge >= 0.3 is 0 Å². The Morgan fingerprint density at radius 3 is 2.70 bits per heavy atom. The Morgan fingerprint density at radius 2 is 1.96 bits per heavy atom. The molecule has 2 aromatic rings. The van der Waals surface area contributed by atoms with Gasteiger partial charge < -0.3 is 10.2 Å². The zero-order valence-corrected chi connectivity index (χ0v) is 14.1. The molecule has 1 atom stereocenters. The number of nitrogens with one attached hydrogen (secondary N) is 1. The number of rotatable bonds is 4. The average molecular weight is 373 g/mol. The highest BCUT2D eigenvalue weighted by Gasteiger charge is 2.34. The van der Waals surface area contributed by atoms with E-state index in [1.165, 1.54) is 0 Å². The Balaban J connectivity index is 1.62. The first kappa shape index (κ1) is 15.7. The molecule has 1 N–H and O–H groups in total. The molecule has 2 amide bonds. The number of halogens is 1. The first-order valence-corrected chi connectivity index (χ1v) is 8.30. The van der Waals surface area contributed by atoms with Crippen molar-refractivity contribution in [3.05, 3.63) is 64.6 Å². The Hall–Kier alpha value is -2.14.